The SMILES string of the molecule is COc1cccc(C[C@@H]2CCN(Cc3cnc(NC(C)=O)s3)C2)n1. The maximum absolute atomic E-state index is 11.1. The number of hydrogen-bond donors (Lipinski definition) is 1. The summed E-state index contributed by atoms with van der Waals surface area (Å²) in [6.07, 6.45) is 4.01. The standard InChI is InChI=1S/C17H22N4O2S/c1-12(22)19-17-18-9-15(24-17)11-21-7-6-13(10-21)8-14-4-3-5-16(20-14)23-2/h3-5,9,13H,6-8,10-11H2,1-2H3,(H,18,19,22)/t13-/m0/s1. The third-order valence-electron chi connectivity index (χ3n) is 4.07. The molecule has 0 spiro atoms. The number of methoxy groups -OCH3 is 1. The van der Waals surface area contributed by atoms with Crippen molar-refractivity contribution in [3.8, 4) is 5.88 Å². The molecule has 0 radical (unpaired) electrons. The Balaban J connectivity index is 1.51. The van der Waals surface area contributed by atoms with Crippen LogP contribution in [0.25, 0.3) is 0 Å². The molecule has 24 heavy (non-hydrogen) atoms. The summed E-state index contributed by atoms with van der Waals surface area (Å²) in [5, 5.41) is 3.41. The number of pyridine rings is 1. The molecule has 1 N–H and O–H groups in total. The van der Waals surface area contributed by atoms with Gasteiger partial charge in [0.05, 0.1) is 7.11 Å². The third-order valence-corrected chi connectivity index (χ3v) is 4.97. The van der Waals surface area contributed by atoms with Crippen LogP contribution in [-0.2, 0) is 17.8 Å². The maximum Gasteiger partial charge on any atom is 0.223 e. The minimum Gasteiger partial charge on any atom is -0.481 e. The van der Waals surface area contributed by atoms with E-state index in [1.54, 1.807) is 18.4 Å². The summed E-state index contributed by atoms with van der Waals surface area (Å²) in [5.74, 6) is 1.22. The lowest BCUT2D eigenvalue weighted by molar-refractivity contribution is -0.114. The lowest BCUT2D eigenvalue weighted by Gasteiger charge is -2.14. The Labute approximate surface area is 145 Å². The van der Waals surface area contributed by atoms with Crippen molar-refractivity contribution in [3.63, 3.8) is 0 Å². The van der Waals surface area contributed by atoms with Gasteiger partial charge in [-0.05, 0) is 31.4 Å². The van der Waals surface area contributed by atoms with Gasteiger partial charge in [-0.25, -0.2) is 9.97 Å². The van der Waals surface area contributed by atoms with Crippen molar-refractivity contribution in [1.82, 2.24) is 14.9 Å². The molecule has 1 fully saturated rings. The highest BCUT2D eigenvalue weighted by Crippen LogP contribution is 2.25. The molecule has 0 bridgehead atoms. The molecule has 3 heterocycles. The summed E-state index contributed by atoms with van der Waals surface area (Å²) < 4.78 is 5.19. The molecule has 1 aliphatic heterocycles. The number of likely N-dealkylation sites (tertiary alicyclic amines) is 1. The molecule has 3 rings (SSSR count). The van der Waals surface area contributed by atoms with E-state index < -0.39 is 0 Å². The Kier molecular flexibility index (Phi) is 5.42. The minimum atomic E-state index is -0.0806. The number of rotatable bonds is 6. The van der Waals surface area contributed by atoms with Crippen LogP contribution in [0.4, 0.5) is 5.13 Å². The van der Waals surface area contributed by atoms with Crippen LogP contribution >= 0.6 is 11.3 Å². The predicted molar refractivity (Wildman–Crippen MR) is 94.3 cm³/mol. The van der Waals surface area contributed by atoms with Crippen LogP contribution in [0, 0.1) is 5.92 Å². The Hall–Kier alpha value is -1.99. The number of nitrogens with zero attached hydrogens (tertiary/aromatic N) is 3. The number of amides is 1. The van der Waals surface area contributed by atoms with Crippen molar-refractivity contribution >= 4 is 22.4 Å². The number of nitrogens with one attached hydrogen (secondary N) is 1. The molecular weight excluding hydrogens is 324 g/mol. The zero-order valence-electron chi connectivity index (χ0n) is 14.0. The fraction of sp³-hybridized carbons (Fsp3) is 0.471. The van der Waals surface area contributed by atoms with Crippen molar-refractivity contribution in [1.29, 1.82) is 0 Å². The van der Waals surface area contributed by atoms with Gasteiger partial charge in [-0.3, -0.25) is 9.69 Å². The number of ether oxygens (including phenoxy) is 1. The Morgan fingerprint density at radius 3 is 3.17 bits per heavy atom. The van der Waals surface area contributed by atoms with Crippen molar-refractivity contribution in [2.24, 2.45) is 5.92 Å². The van der Waals surface area contributed by atoms with E-state index in [0.29, 0.717) is 16.9 Å². The van der Waals surface area contributed by atoms with Crippen molar-refractivity contribution in [2.45, 2.75) is 26.3 Å². The zero-order chi connectivity index (χ0) is 16.9. The molecule has 1 atom stereocenters. The first-order chi connectivity index (χ1) is 11.6. The normalized spacial score (nSPS) is 17.8. The van der Waals surface area contributed by atoms with Gasteiger partial charge in [0.15, 0.2) is 5.13 Å². The van der Waals surface area contributed by atoms with E-state index in [4.69, 9.17) is 4.74 Å². The van der Waals surface area contributed by atoms with Gasteiger partial charge in [-0.15, -0.1) is 11.3 Å². The van der Waals surface area contributed by atoms with Gasteiger partial charge in [-0.1, -0.05) is 6.07 Å². The first kappa shape index (κ1) is 16.9. The van der Waals surface area contributed by atoms with Gasteiger partial charge in [0.2, 0.25) is 11.8 Å². The van der Waals surface area contributed by atoms with E-state index in [1.165, 1.54) is 18.2 Å². The van der Waals surface area contributed by atoms with E-state index in [2.05, 4.69) is 26.3 Å². The molecule has 1 aliphatic rings. The Morgan fingerprint density at radius 1 is 1.50 bits per heavy atom. The van der Waals surface area contributed by atoms with Crippen LogP contribution in [0.1, 0.15) is 23.9 Å². The lowest BCUT2D eigenvalue weighted by atomic mass is 10.0. The third kappa shape index (κ3) is 4.52. The van der Waals surface area contributed by atoms with E-state index in [-0.39, 0.29) is 5.91 Å². The Bertz CT molecular complexity index is 703. The highest BCUT2D eigenvalue weighted by Gasteiger charge is 2.23. The smallest absolute Gasteiger partial charge is 0.223 e. The first-order valence-electron chi connectivity index (χ1n) is 8.07. The summed E-state index contributed by atoms with van der Waals surface area (Å²) in [7, 11) is 1.65. The average molecular weight is 346 g/mol. The topological polar surface area (TPSA) is 67.3 Å². The summed E-state index contributed by atoms with van der Waals surface area (Å²) in [4.78, 5) is 23.4. The molecule has 128 valence electrons. The van der Waals surface area contributed by atoms with E-state index in [9.17, 15) is 4.79 Å². The molecule has 0 aromatic carbocycles. The van der Waals surface area contributed by atoms with Crippen LogP contribution in [0.5, 0.6) is 5.88 Å². The second-order valence-corrected chi connectivity index (χ2v) is 7.19. The average Bonchev–Trinajstić information content (AvgIpc) is 3.17. The molecule has 2 aromatic heterocycles. The van der Waals surface area contributed by atoms with E-state index >= 15 is 0 Å². The minimum absolute atomic E-state index is 0.0806. The fourth-order valence-corrected chi connectivity index (χ4v) is 3.91. The second-order valence-electron chi connectivity index (χ2n) is 6.08. The molecule has 0 aliphatic carbocycles. The van der Waals surface area contributed by atoms with Crippen LogP contribution in [0.15, 0.2) is 24.4 Å². The van der Waals surface area contributed by atoms with Gasteiger partial charge in [0.1, 0.15) is 0 Å². The number of thiazole rings is 1. The number of aromatic nitrogens is 2. The highest BCUT2D eigenvalue weighted by atomic mass is 32.1. The molecule has 7 heteroatoms. The maximum atomic E-state index is 11.1. The summed E-state index contributed by atoms with van der Waals surface area (Å²) in [6, 6.07) is 5.93. The highest BCUT2D eigenvalue weighted by molar-refractivity contribution is 7.15. The first-order valence-corrected chi connectivity index (χ1v) is 8.88. The van der Waals surface area contributed by atoms with Gasteiger partial charge in [-0.2, -0.15) is 0 Å². The number of carbonyl (C=O) groups excluding carboxylic acids is 1. The predicted octanol–water partition coefficient (Wildman–Crippen LogP) is 2.57. The van der Waals surface area contributed by atoms with Crippen LogP contribution in [0.2, 0.25) is 0 Å². The quantitative estimate of drug-likeness (QED) is 0.871. The summed E-state index contributed by atoms with van der Waals surface area (Å²) in [6.45, 7) is 4.53. The largest absolute Gasteiger partial charge is 0.481 e. The summed E-state index contributed by atoms with van der Waals surface area (Å²) in [5.41, 5.74) is 1.09. The van der Waals surface area contributed by atoms with E-state index in [0.717, 1.165) is 31.7 Å². The van der Waals surface area contributed by atoms with Crippen LogP contribution < -0.4 is 10.1 Å². The van der Waals surface area contributed by atoms with Gasteiger partial charge in [0.25, 0.3) is 0 Å². The van der Waals surface area contributed by atoms with E-state index in [1.807, 2.05) is 18.3 Å². The van der Waals surface area contributed by atoms with Crippen molar-refractivity contribution in [3.05, 3.63) is 35.0 Å². The fourth-order valence-electron chi connectivity index (χ4n) is 3.01. The molecule has 0 unspecified atom stereocenters. The molecule has 1 amide bonds. The summed E-state index contributed by atoms with van der Waals surface area (Å²) >= 11 is 1.54. The van der Waals surface area contributed by atoms with Crippen molar-refractivity contribution < 1.29 is 9.53 Å². The Morgan fingerprint density at radius 2 is 2.38 bits per heavy atom. The van der Waals surface area contributed by atoms with Gasteiger partial charge < -0.3 is 10.1 Å². The number of hydrogen-bond acceptors (Lipinski definition) is 6. The number of anilines is 1. The zero-order valence-corrected chi connectivity index (χ0v) is 14.8. The number of carbonyl (C=O) groups is 1. The molecule has 0 saturated carbocycles. The molecule has 2 aromatic rings. The molecule has 1 saturated heterocycles. The van der Waals surface area contributed by atoms with Crippen LogP contribution in [0.3, 0.4) is 0 Å². The molecule has 6 nitrogen and oxygen atoms in total. The van der Waals surface area contributed by atoms with Crippen molar-refractivity contribution in [2.75, 3.05) is 25.5 Å². The molecular formula is C17H22N4O2S. The second kappa shape index (κ2) is 7.72. The monoisotopic (exact) mass is 346 g/mol. The lowest BCUT2D eigenvalue weighted by Crippen LogP contribution is -2.20. The van der Waals surface area contributed by atoms with Gasteiger partial charge >= 0.3 is 0 Å². The van der Waals surface area contributed by atoms with Crippen LogP contribution in [-0.4, -0.2) is 41.0 Å². The van der Waals surface area contributed by atoms with Gasteiger partial charge in [0, 0.05) is 42.8 Å².